The van der Waals surface area contributed by atoms with E-state index in [9.17, 15) is 4.79 Å². The Hall–Kier alpha value is -4.47. The molecule has 1 saturated heterocycles. The highest BCUT2D eigenvalue weighted by Gasteiger charge is 2.18. The third-order valence-electron chi connectivity index (χ3n) is 6.74. The van der Waals surface area contributed by atoms with Crippen LogP contribution in [0.15, 0.2) is 91.1 Å². The number of carbonyl (C=O) groups excluding carboxylic acids is 1. The summed E-state index contributed by atoms with van der Waals surface area (Å²) in [5.74, 6) is 0.703. The number of hydrogen-bond acceptors (Lipinski definition) is 5. The Labute approximate surface area is 217 Å². The van der Waals surface area contributed by atoms with Gasteiger partial charge in [-0.15, -0.1) is 0 Å². The smallest absolute Gasteiger partial charge is 0.257 e. The van der Waals surface area contributed by atoms with E-state index in [4.69, 9.17) is 5.26 Å². The average Bonchev–Trinajstić information content (AvgIpc) is 2.94. The normalized spacial score (nSPS) is 13.7. The van der Waals surface area contributed by atoms with Crippen molar-refractivity contribution in [1.29, 1.82) is 5.26 Å². The Morgan fingerprint density at radius 3 is 2.46 bits per heavy atom. The van der Waals surface area contributed by atoms with Crippen LogP contribution in [0.4, 0.5) is 11.5 Å². The molecule has 0 spiro atoms. The Morgan fingerprint density at radius 1 is 0.946 bits per heavy atom. The Morgan fingerprint density at radius 2 is 1.76 bits per heavy atom. The van der Waals surface area contributed by atoms with Gasteiger partial charge in [-0.25, -0.2) is 4.98 Å². The molecule has 0 radical (unpaired) electrons. The van der Waals surface area contributed by atoms with Gasteiger partial charge in [0.25, 0.3) is 5.91 Å². The third kappa shape index (κ3) is 5.85. The molecule has 0 atom stereocenters. The molecular formula is C31H29N5O. The first-order chi connectivity index (χ1) is 18.1. The van der Waals surface area contributed by atoms with Crippen LogP contribution in [0.2, 0.25) is 0 Å². The predicted molar refractivity (Wildman–Crippen MR) is 147 cm³/mol. The minimum Gasteiger partial charge on any atom is -0.354 e. The molecule has 3 aromatic carbocycles. The molecule has 6 nitrogen and oxygen atoms in total. The van der Waals surface area contributed by atoms with Gasteiger partial charge in [0.2, 0.25) is 0 Å². The highest BCUT2D eigenvalue weighted by molar-refractivity contribution is 6.04. The number of amides is 1. The van der Waals surface area contributed by atoms with Crippen LogP contribution >= 0.6 is 0 Å². The number of aromatic nitrogens is 1. The molecule has 1 aliphatic rings. The molecular weight excluding hydrogens is 458 g/mol. The maximum absolute atomic E-state index is 12.9. The van der Waals surface area contributed by atoms with Gasteiger partial charge in [-0.05, 0) is 65.6 Å². The van der Waals surface area contributed by atoms with Crippen LogP contribution in [0.25, 0.3) is 11.1 Å². The highest BCUT2D eigenvalue weighted by atomic mass is 16.1. The van der Waals surface area contributed by atoms with Gasteiger partial charge in [0.1, 0.15) is 5.82 Å². The van der Waals surface area contributed by atoms with Crippen molar-refractivity contribution in [3.8, 4) is 17.2 Å². The summed E-state index contributed by atoms with van der Waals surface area (Å²) in [6.45, 7) is 6.73. The lowest BCUT2D eigenvalue weighted by molar-refractivity contribution is 0.102. The first-order valence-corrected chi connectivity index (χ1v) is 12.5. The van der Waals surface area contributed by atoms with Crippen LogP contribution in [0.3, 0.4) is 0 Å². The van der Waals surface area contributed by atoms with Gasteiger partial charge in [0.05, 0.1) is 17.2 Å². The van der Waals surface area contributed by atoms with E-state index in [1.165, 1.54) is 5.56 Å². The first kappa shape index (κ1) is 24.2. The zero-order chi connectivity index (χ0) is 25.6. The molecule has 1 amide bonds. The molecule has 2 heterocycles. The van der Waals surface area contributed by atoms with Crippen LogP contribution in [-0.4, -0.2) is 42.0 Å². The molecule has 0 saturated carbocycles. The predicted octanol–water partition coefficient (Wildman–Crippen LogP) is 5.50. The number of aryl methyl sites for hydroxylation is 1. The number of piperazine rings is 1. The van der Waals surface area contributed by atoms with Crippen molar-refractivity contribution in [3.63, 3.8) is 0 Å². The molecule has 184 valence electrons. The summed E-state index contributed by atoms with van der Waals surface area (Å²) in [5, 5.41) is 12.1. The second-order valence-corrected chi connectivity index (χ2v) is 9.33. The number of nitrogens with one attached hydrogen (secondary N) is 1. The number of benzene rings is 3. The van der Waals surface area contributed by atoms with Gasteiger partial charge >= 0.3 is 0 Å². The summed E-state index contributed by atoms with van der Waals surface area (Å²) in [6.07, 6.45) is 1.65. The lowest BCUT2D eigenvalue weighted by Crippen LogP contribution is -2.46. The second-order valence-electron chi connectivity index (χ2n) is 9.33. The lowest BCUT2D eigenvalue weighted by atomic mass is 9.98. The summed E-state index contributed by atoms with van der Waals surface area (Å²) in [7, 11) is 0. The number of rotatable bonds is 6. The van der Waals surface area contributed by atoms with Crippen molar-refractivity contribution in [3.05, 3.63) is 113 Å². The van der Waals surface area contributed by atoms with Crippen molar-refractivity contribution < 1.29 is 4.79 Å². The minimum atomic E-state index is -0.194. The second kappa shape index (κ2) is 11.1. The topological polar surface area (TPSA) is 72.3 Å². The number of nitrogens with zero attached hydrogens (tertiary/aromatic N) is 4. The van der Waals surface area contributed by atoms with Gasteiger partial charge in [0.15, 0.2) is 0 Å². The van der Waals surface area contributed by atoms with Crippen molar-refractivity contribution in [2.75, 3.05) is 36.4 Å². The summed E-state index contributed by atoms with van der Waals surface area (Å²) in [6, 6.07) is 29.8. The van der Waals surface area contributed by atoms with Gasteiger partial charge in [-0.3, -0.25) is 9.69 Å². The number of nitriles is 1. The van der Waals surface area contributed by atoms with E-state index in [0.29, 0.717) is 16.8 Å². The standard InChI is InChI=1S/C31H29N5O/c1-23-18-25(20-32)10-12-29(23)26-8-5-9-28(19-26)34-31(37)27-11-13-30(33-21-27)36-16-14-35(15-17-36)22-24-6-3-2-4-7-24/h2-13,18-19,21H,14-17,22H2,1H3,(H,34,37). The van der Waals surface area contributed by atoms with E-state index in [0.717, 1.165) is 55.2 Å². The average molecular weight is 488 g/mol. The maximum Gasteiger partial charge on any atom is 0.257 e. The monoisotopic (exact) mass is 487 g/mol. The van der Waals surface area contributed by atoms with Crippen LogP contribution < -0.4 is 10.2 Å². The van der Waals surface area contributed by atoms with Gasteiger partial charge in [-0.2, -0.15) is 5.26 Å². The van der Waals surface area contributed by atoms with Crippen molar-refractivity contribution in [1.82, 2.24) is 9.88 Å². The van der Waals surface area contributed by atoms with Crippen LogP contribution in [-0.2, 0) is 6.54 Å². The van der Waals surface area contributed by atoms with Gasteiger partial charge in [-0.1, -0.05) is 48.5 Å². The van der Waals surface area contributed by atoms with Crippen molar-refractivity contribution in [2.24, 2.45) is 0 Å². The molecule has 37 heavy (non-hydrogen) atoms. The molecule has 5 rings (SSSR count). The van der Waals surface area contributed by atoms with E-state index in [2.05, 4.69) is 50.4 Å². The number of pyridine rings is 1. The highest BCUT2D eigenvalue weighted by Crippen LogP contribution is 2.27. The fraction of sp³-hybridized carbons (Fsp3) is 0.194. The zero-order valence-electron chi connectivity index (χ0n) is 20.9. The number of carbonyl (C=O) groups is 1. The van der Waals surface area contributed by atoms with E-state index < -0.39 is 0 Å². The van der Waals surface area contributed by atoms with Crippen LogP contribution in [0.5, 0.6) is 0 Å². The molecule has 1 aliphatic heterocycles. The fourth-order valence-electron chi connectivity index (χ4n) is 4.71. The zero-order valence-corrected chi connectivity index (χ0v) is 20.9. The summed E-state index contributed by atoms with van der Waals surface area (Å²) in [4.78, 5) is 22.2. The number of hydrogen-bond donors (Lipinski definition) is 1. The van der Waals surface area contributed by atoms with E-state index in [1.807, 2.05) is 67.6 Å². The summed E-state index contributed by atoms with van der Waals surface area (Å²) >= 11 is 0. The molecule has 1 aromatic heterocycles. The molecule has 0 aliphatic carbocycles. The Bertz CT molecular complexity index is 1420. The molecule has 4 aromatic rings. The molecule has 6 heteroatoms. The minimum absolute atomic E-state index is 0.194. The van der Waals surface area contributed by atoms with E-state index in [1.54, 1.807) is 6.20 Å². The fourth-order valence-corrected chi connectivity index (χ4v) is 4.71. The third-order valence-corrected chi connectivity index (χ3v) is 6.74. The summed E-state index contributed by atoms with van der Waals surface area (Å²) < 4.78 is 0. The molecule has 0 bridgehead atoms. The van der Waals surface area contributed by atoms with Gasteiger partial charge in [0, 0.05) is 44.6 Å². The van der Waals surface area contributed by atoms with Gasteiger partial charge < -0.3 is 10.2 Å². The van der Waals surface area contributed by atoms with E-state index >= 15 is 0 Å². The molecule has 1 fully saturated rings. The summed E-state index contributed by atoms with van der Waals surface area (Å²) in [5.41, 5.74) is 6.24. The molecule has 1 N–H and O–H groups in total. The van der Waals surface area contributed by atoms with Crippen molar-refractivity contribution >= 4 is 17.4 Å². The lowest BCUT2D eigenvalue weighted by Gasteiger charge is -2.35. The Kier molecular flexibility index (Phi) is 7.25. The van der Waals surface area contributed by atoms with Crippen LogP contribution in [0, 0.1) is 18.3 Å². The maximum atomic E-state index is 12.9. The Balaban J connectivity index is 1.19. The molecule has 0 unspecified atom stereocenters. The SMILES string of the molecule is Cc1cc(C#N)ccc1-c1cccc(NC(=O)c2ccc(N3CCN(Cc4ccccc4)CC3)nc2)c1. The first-order valence-electron chi connectivity index (χ1n) is 12.5. The van der Waals surface area contributed by atoms with Crippen LogP contribution in [0.1, 0.15) is 27.0 Å². The quantitative estimate of drug-likeness (QED) is 0.389. The number of anilines is 2. The largest absolute Gasteiger partial charge is 0.354 e. The van der Waals surface area contributed by atoms with Crippen molar-refractivity contribution in [2.45, 2.75) is 13.5 Å². The van der Waals surface area contributed by atoms with E-state index in [-0.39, 0.29) is 5.91 Å².